The third kappa shape index (κ3) is 1.72. The lowest BCUT2D eigenvalue weighted by Crippen LogP contribution is -2.25. The molecule has 0 saturated carbocycles. The number of hydrogen-bond acceptors (Lipinski definition) is 3. The molecule has 2 rings (SSSR count). The zero-order chi connectivity index (χ0) is 11.0. The number of carbonyl (C=O) groups is 1. The van der Waals surface area contributed by atoms with Gasteiger partial charge in [-0.05, 0) is 12.1 Å². The molecule has 1 aliphatic rings. The van der Waals surface area contributed by atoms with Crippen LogP contribution in [-0.2, 0) is 4.79 Å². The van der Waals surface area contributed by atoms with Gasteiger partial charge in [-0.2, -0.15) is 0 Å². The minimum atomic E-state index is -0.00424. The monoisotopic (exact) mass is 226 g/mol. The van der Waals surface area contributed by atoms with Crippen molar-refractivity contribution < 1.29 is 9.53 Å². The van der Waals surface area contributed by atoms with E-state index in [1.165, 1.54) is 4.90 Å². The van der Waals surface area contributed by atoms with Crippen LogP contribution < -0.4 is 15.4 Å². The van der Waals surface area contributed by atoms with Gasteiger partial charge >= 0.3 is 0 Å². The fourth-order valence-corrected chi connectivity index (χ4v) is 1.77. The van der Waals surface area contributed by atoms with E-state index in [0.717, 1.165) is 0 Å². The number of carbonyl (C=O) groups excluding carboxylic acids is 1. The largest absolute Gasteiger partial charge is 0.489 e. The Bertz CT molecular complexity index is 420. The summed E-state index contributed by atoms with van der Waals surface area (Å²) in [6, 6.07) is 3.29. The molecular formula is C10H11ClN2O2. The topological polar surface area (TPSA) is 55.6 Å². The van der Waals surface area contributed by atoms with Crippen LogP contribution in [0.15, 0.2) is 12.1 Å². The smallest absolute Gasteiger partial charge is 0.230 e. The number of halogens is 1. The highest BCUT2D eigenvalue weighted by Gasteiger charge is 2.22. The lowest BCUT2D eigenvalue weighted by molar-refractivity contribution is -0.118. The summed E-state index contributed by atoms with van der Waals surface area (Å²) < 4.78 is 5.43. The van der Waals surface area contributed by atoms with Crippen molar-refractivity contribution in [2.75, 3.05) is 24.3 Å². The Morgan fingerprint density at radius 2 is 2.27 bits per heavy atom. The Hall–Kier alpha value is -1.42. The number of rotatable bonds is 0. The van der Waals surface area contributed by atoms with Crippen molar-refractivity contribution in [3.63, 3.8) is 0 Å². The van der Waals surface area contributed by atoms with E-state index >= 15 is 0 Å². The number of anilines is 2. The van der Waals surface area contributed by atoms with E-state index in [0.29, 0.717) is 35.2 Å². The van der Waals surface area contributed by atoms with Gasteiger partial charge in [-0.3, -0.25) is 4.79 Å². The number of hydrogen-bond donors (Lipinski definition) is 1. The second kappa shape index (κ2) is 3.62. The molecule has 1 heterocycles. The van der Waals surface area contributed by atoms with E-state index < -0.39 is 0 Å². The van der Waals surface area contributed by atoms with Crippen LogP contribution in [0.4, 0.5) is 11.4 Å². The van der Waals surface area contributed by atoms with Crippen molar-refractivity contribution in [2.24, 2.45) is 0 Å². The fraction of sp³-hybridized carbons (Fsp3) is 0.300. The Morgan fingerprint density at radius 3 is 3.00 bits per heavy atom. The zero-order valence-corrected chi connectivity index (χ0v) is 9.04. The van der Waals surface area contributed by atoms with E-state index in [4.69, 9.17) is 22.1 Å². The van der Waals surface area contributed by atoms with Crippen LogP contribution >= 0.6 is 11.6 Å². The summed E-state index contributed by atoms with van der Waals surface area (Å²) >= 11 is 5.87. The van der Waals surface area contributed by atoms with Gasteiger partial charge in [0, 0.05) is 12.1 Å². The summed E-state index contributed by atoms with van der Waals surface area (Å²) in [5.74, 6) is 0.531. The molecule has 0 saturated heterocycles. The number of nitrogens with zero attached hydrogens (tertiary/aromatic N) is 1. The highest BCUT2D eigenvalue weighted by molar-refractivity contribution is 6.31. The summed E-state index contributed by atoms with van der Waals surface area (Å²) in [6.45, 7) is 0.349. The molecule has 0 bridgehead atoms. The minimum absolute atomic E-state index is 0.00424. The third-order valence-corrected chi connectivity index (χ3v) is 2.58. The van der Waals surface area contributed by atoms with Crippen LogP contribution in [0.3, 0.4) is 0 Å². The Kier molecular flexibility index (Phi) is 2.44. The van der Waals surface area contributed by atoms with Crippen LogP contribution in [-0.4, -0.2) is 19.6 Å². The Morgan fingerprint density at radius 1 is 1.53 bits per heavy atom. The number of amides is 1. The first-order valence-corrected chi connectivity index (χ1v) is 4.96. The molecule has 1 aromatic rings. The van der Waals surface area contributed by atoms with Crippen LogP contribution in [0.25, 0.3) is 0 Å². The number of ether oxygens (including phenoxy) is 1. The molecule has 0 fully saturated rings. The normalized spacial score (nSPS) is 15.6. The molecular weight excluding hydrogens is 216 g/mol. The van der Waals surface area contributed by atoms with E-state index in [1.807, 2.05) is 0 Å². The van der Waals surface area contributed by atoms with E-state index in [2.05, 4.69) is 0 Å². The van der Waals surface area contributed by atoms with Crippen molar-refractivity contribution in [2.45, 2.75) is 6.42 Å². The summed E-state index contributed by atoms with van der Waals surface area (Å²) in [6.07, 6.45) is 0.349. The Balaban J connectivity index is 2.58. The second-order valence-electron chi connectivity index (χ2n) is 3.39. The van der Waals surface area contributed by atoms with Crippen molar-refractivity contribution in [1.29, 1.82) is 0 Å². The standard InChI is InChI=1S/C10H11ClN2O2/c1-13-8-5-6(11)4-7(12)10(8)15-3-2-9(13)14/h4-5H,2-3,12H2,1H3. The zero-order valence-electron chi connectivity index (χ0n) is 8.29. The van der Waals surface area contributed by atoms with Gasteiger partial charge in [-0.1, -0.05) is 11.6 Å². The van der Waals surface area contributed by atoms with E-state index in [-0.39, 0.29) is 5.91 Å². The van der Waals surface area contributed by atoms with E-state index in [9.17, 15) is 4.79 Å². The van der Waals surface area contributed by atoms with Gasteiger partial charge in [-0.15, -0.1) is 0 Å². The van der Waals surface area contributed by atoms with Gasteiger partial charge < -0.3 is 15.4 Å². The van der Waals surface area contributed by atoms with Gasteiger partial charge in [0.05, 0.1) is 24.4 Å². The first-order chi connectivity index (χ1) is 7.09. The van der Waals surface area contributed by atoms with Gasteiger partial charge in [0.2, 0.25) is 5.91 Å². The van der Waals surface area contributed by atoms with Gasteiger partial charge in [0.15, 0.2) is 5.75 Å². The number of nitrogens with two attached hydrogens (primary N) is 1. The molecule has 0 unspecified atom stereocenters. The summed E-state index contributed by atoms with van der Waals surface area (Å²) in [5, 5.41) is 0.497. The van der Waals surface area contributed by atoms with Gasteiger partial charge in [0.1, 0.15) is 0 Å². The number of nitrogen functional groups attached to an aromatic ring is 1. The number of fused-ring (bicyclic) bond motifs is 1. The lowest BCUT2D eigenvalue weighted by Gasteiger charge is -2.17. The molecule has 2 N–H and O–H groups in total. The van der Waals surface area contributed by atoms with Crippen LogP contribution in [0.5, 0.6) is 5.75 Å². The van der Waals surface area contributed by atoms with Crippen LogP contribution in [0.1, 0.15) is 6.42 Å². The minimum Gasteiger partial charge on any atom is -0.489 e. The highest BCUT2D eigenvalue weighted by atomic mass is 35.5. The third-order valence-electron chi connectivity index (χ3n) is 2.36. The summed E-state index contributed by atoms with van der Waals surface area (Å²) in [4.78, 5) is 13.1. The number of benzene rings is 1. The summed E-state index contributed by atoms with van der Waals surface area (Å²) in [5.41, 5.74) is 6.86. The molecule has 0 radical (unpaired) electrons. The van der Waals surface area contributed by atoms with Crippen LogP contribution in [0, 0.1) is 0 Å². The fourth-order valence-electron chi connectivity index (χ4n) is 1.55. The quantitative estimate of drug-likeness (QED) is 0.685. The van der Waals surface area contributed by atoms with Crippen molar-refractivity contribution in [3.8, 4) is 5.75 Å². The predicted molar refractivity (Wildman–Crippen MR) is 59.4 cm³/mol. The molecule has 0 aromatic heterocycles. The molecule has 0 spiro atoms. The maximum atomic E-state index is 11.6. The highest BCUT2D eigenvalue weighted by Crippen LogP contribution is 2.38. The first kappa shape index (κ1) is 10.1. The average molecular weight is 227 g/mol. The van der Waals surface area contributed by atoms with Gasteiger partial charge in [-0.25, -0.2) is 0 Å². The molecule has 4 nitrogen and oxygen atoms in total. The van der Waals surface area contributed by atoms with Crippen molar-refractivity contribution in [1.82, 2.24) is 0 Å². The maximum Gasteiger partial charge on any atom is 0.230 e. The second-order valence-corrected chi connectivity index (χ2v) is 3.83. The predicted octanol–water partition coefficient (Wildman–Crippen LogP) is 1.67. The Labute approximate surface area is 92.6 Å². The molecule has 0 atom stereocenters. The van der Waals surface area contributed by atoms with Crippen molar-refractivity contribution >= 4 is 28.9 Å². The lowest BCUT2D eigenvalue weighted by atomic mass is 10.2. The van der Waals surface area contributed by atoms with Crippen LogP contribution in [0.2, 0.25) is 5.02 Å². The molecule has 0 aliphatic carbocycles. The van der Waals surface area contributed by atoms with Crippen molar-refractivity contribution in [3.05, 3.63) is 17.2 Å². The molecule has 1 amide bonds. The SMILES string of the molecule is CN1C(=O)CCOc2c(N)cc(Cl)cc21. The molecule has 15 heavy (non-hydrogen) atoms. The first-order valence-electron chi connectivity index (χ1n) is 4.58. The molecule has 1 aromatic carbocycles. The molecule has 80 valence electrons. The average Bonchev–Trinajstić information content (AvgIpc) is 2.30. The van der Waals surface area contributed by atoms with E-state index in [1.54, 1.807) is 19.2 Å². The maximum absolute atomic E-state index is 11.6. The van der Waals surface area contributed by atoms with Gasteiger partial charge in [0.25, 0.3) is 0 Å². The summed E-state index contributed by atoms with van der Waals surface area (Å²) in [7, 11) is 1.69. The molecule has 1 aliphatic heterocycles. The molecule has 5 heteroatoms.